The van der Waals surface area contributed by atoms with Crippen LogP contribution in [-0.2, 0) is 0 Å². The summed E-state index contributed by atoms with van der Waals surface area (Å²) in [6, 6.07) is 12.7. The van der Waals surface area contributed by atoms with Crippen LogP contribution in [0.4, 0.5) is 33.3 Å². The Morgan fingerprint density at radius 3 is 2.31 bits per heavy atom. The van der Waals surface area contributed by atoms with E-state index in [1.165, 1.54) is 5.01 Å². The van der Waals surface area contributed by atoms with Crippen LogP contribution in [0.3, 0.4) is 0 Å². The number of hydrogen-bond donors (Lipinski definition) is 1. The highest BCUT2D eigenvalue weighted by molar-refractivity contribution is 6.33. The predicted molar refractivity (Wildman–Crippen MR) is 118 cm³/mol. The van der Waals surface area contributed by atoms with E-state index in [9.17, 15) is 22.0 Å². The van der Waals surface area contributed by atoms with Gasteiger partial charge in [0.1, 0.15) is 5.71 Å². The van der Waals surface area contributed by atoms with Gasteiger partial charge in [0.2, 0.25) is 0 Å². The van der Waals surface area contributed by atoms with Crippen LogP contribution in [0.15, 0.2) is 53.6 Å². The monoisotopic (exact) mass is 494 g/mol. The zero-order valence-corrected chi connectivity index (χ0v) is 18.3. The SMILES string of the molecule is Cl.FC(F)(F)C(F)(F)C1=NN(c2ccccc2Cl)C(c2cccc(N3CCNCC3)c2)C1. The normalized spacial score (nSPS) is 19.6. The smallest absolute Gasteiger partial charge is 0.369 e. The summed E-state index contributed by atoms with van der Waals surface area (Å²) in [7, 11) is 0. The quantitative estimate of drug-likeness (QED) is 0.555. The number of nitrogens with one attached hydrogen (secondary N) is 1. The molecule has 2 heterocycles. The van der Waals surface area contributed by atoms with Gasteiger partial charge in [-0.2, -0.15) is 27.1 Å². The maximum atomic E-state index is 14.2. The summed E-state index contributed by atoms with van der Waals surface area (Å²) >= 11 is 6.23. The van der Waals surface area contributed by atoms with Gasteiger partial charge >= 0.3 is 12.1 Å². The highest BCUT2D eigenvalue weighted by Gasteiger charge is 2.62. The number of hydrazone groups is 1. The standard InChI is InChI=1S/C21H20ClF5N4.ClH/c22-16-6-1-2-7-17(16)31-18(13-19(29-31)20(23,24)21(25,26)27)14-4-3-5-15(12-14)30-10-8-28-9-11-30;/h1-7,12,18,28H,8-11,13H2;1H. The van der Waals surface area contributed by atoms with Gasteiger partial charge in [0, 0.05) is 38.3 Å². The second-order valence-electron chi connectivity index (χ2n) is 7.47. The number of nitrogens with zero attached hydrogens (tertiary/aromatic N) is 3. The fourth-order valence-corrected chi connectivity index (χ4v) is 4.06. The van der Waals surface area contributed by atoms with Crippen molar-refractivity contribution in [3.63, 3.8) is 0 Å². The highest BCUT2D eigenvalue weighted by Crippen LogP contribution is 2.46. The zero-order valence-electron chi connectivity index (χ0n) is 16.7. The van der Waals surface area contributed by atoms with Crippen LogP contribution in [0.5, 0.6) is 0 Å². The number of halogens is 7. The molecule has 0 radical (unpaired) electrons. The van der Waals surface area contributed by atoms with E-state index in [0.717, 1.165) is 31.9 Å². The van der Waals surface area contributed by atoms with Crippen LogP contribution in [0, 0.1) is 0 Å². The first kappa shape index (κ1) is 24.5. The molecular formula is C21H21Cl2F5N4. The Balaban J connectivity index is 0.00000289. The fraction of sp³-hybridized carbons (Fsp3) is 0.381. The van der Waals surface area contributed by atoms with Crippen LogP contribution in [0.25, 0.3) is 0 Å². The molecule has 0 aromatic heterocycles. The summed E-state index contributed by atoms with van der Waals surface area (Å²) in [5.74, 6) is -5.03. The van der Waals surface area contributed by atoms with Gasteiger partial charge in [-0.15, -0.1) is 12.4 Å². The van der Waals surface area contributed by atoms with Gasteiger partial charge in [0.05, 0.1) is 16.8 Å². The van der Waals surface area contributed by atoms with E-state index in [2.05, 4.69) is 15.3 Å². The Hall–Kier alpha value is -2.10. The number of para-hydroxylation sites is 1. The zero-order chi connectivity index (χ0) is 22.2. The van der Waals surface area contributed by atoms with Crippen LogP contribution in [0.2, 0.25) is 5.02 Å². The van der Waals surface area contributed by atoms with E-state index in [1.54, 1.807) is 36.4 Å². The molecule has 2 aliphatic heterocycles. The van der Waals surface area contributed by atoms with E-state index in [-0.39, 0.29) is 23.1 Å². The first-order valence-electron chi connectivity index (χ1n) is 9.80. The third kappa shape index (κ3) is 4.65. The maximum absolute atomic E-state index is 14.2. The van der Waals surface area contributed by atoms with E-state index in [0.29, 0.717) is 5.56 Å². The van der Waals surface area contributed by atoms with Crippen LogP contribution in [-0.4, -0.2) is 44.0 Å². The molecule has 32 heavy (non-hydrogen) atoms. The molecule has 2 aromatic rings. The van der Waals surface area contributed by atoms with Crippen LogP contribution in [0.1, 0.15) is 18.0 Å². The number of anilines is 2. The average Bonchev–Trinajstić information content (AvgIpc) is 3.20. The number of rotatable bonds is 4. The van der Waals surface area contributed by atoms with Gasteiger partial charge in [-0.05, 0) is 29.8 Å². The van der Waals surface area contributed by atoms with E-state index < -0.39 is 30.3 Å². The lowest BCUT2D eigenvalue weighted by Crippen LogP contribution is -2.43. The molecule has 0 saturated carbocycles. The maximum Gasteiger partial charge on any atom is 0.459 e. The Morgan fingerprint density at radius 2 is 1.66 bits per heavy atom. The molecule has 4 nitrogen and oxygen atoms in total. The van der Waals surface area contributed by atoms with Gasteiger partial charge < -0.3 is 10.2 Å². The minimum Gasteiger partial charge on any atom is -0.369 e. The van der Waals surface area contributed by atoms with Gasteiger partial charge in [-0.1, -0.05) is 35.9 Å². The Labute approximate surface area is 193 Å². The van der Waals surface area contributed by atoms with Gasteiger partial charge in [-0.25, -0.2) is 0 Å². The van der Waals surface area contributed by atoms with E-state index in [1.807, 2.05) is 12.1 Å². The van der Waals surface area contributed by atoms with Crippen molar-refractivity contribution in [3.05, 3.63) is 59.1 Å². The summed E-state index contributed by atoms with van der Waals surface area (Å²) in [4.78, 5) is 2.14. The molecule has 1 saturated heterocycles. The van der Waals surface area contributed by atoms with Crippen molar-refractivity contribution >= 4 is 41.1 Å². The summed E-state index contributed by atoms with van der Waals surface area (Å²) < 4.78 is 67.4. The van der Waals surface area contributed by atoms with Crippen molar-refractivity contribution in [2.75, 3.05) is 36.1 Å². The Kier molecular flexibility index (Phi) is 7.21. The number of alkyl halides is 5. The second kappa shape index (κ2) is 9.41. The molecule has 11 heteroatoms. The van der Waals surface area contributed by atoms with Crippen molar-refractivity contribution in [1.82, 2.24) is 5.32 Å². The average molecular weight is 495 g/mol. The van der Waals surface area contributed by atoms with Crippen molar-refractivity contribution < 1.29 is 22.0 Å². The molecule has 174 valence electrons. The minimum atomic E-state index is -5.73. The largest absolute Gasteiger partial charge is 0.459 e. The number of hydrogen-bond acceptors (Lipinski definition) is 4. The summed E-state index contributed by atoms with van der Waals surface area (Å²) in [5, 5.41) is 8.37. The molecule has 1 fully saturated rings. The minimum absolute atomic E-state index is 0. The first-order chi connectivity index (χ1) is 14.7. The Bertz CT molecular complexity index is 977. The molecule has 4 rings (SSSR count). The summed E-state index contributed by atoms with van der Waals surface area (Å²) in [6.45, 7) is 3.17. The molecule has 2 aliphatic rings. The molecule has 0 spiro atoms. The predicted octanol–water partition coefficient (Wildman–Crippen LogP) is 5.68. The molecule has 0 aliphatic carbocycles. The third-order valence-electron chi connectivity index (χ3n) is 5.47. The first-order valence-corrected chi connectivity index (χ1v) is 10.2. The van der Waals surface area contributed by atoms with Crippen molar-refractivity contribution in [2.45, 2.75) is 24.6 Å². The summed E-state index contributed by atoms with van der Waals surface area (Å²) in [5.41, 5.74) is 0.522. The fourth-order valence-electron chi connectivity index (χ4n) is 3.83. The lowest BCUT2D eigenvalue weighted by Gasteiger charge is -2.31. The topological polar surface area (TPSA) is 30.9 Å². The van der Waals surface area contributed by atoms with Gasteiger partial charge in [-0.3, -0.25) is 5.01 Å². The molecule has 1 atom stereocenters. The molecular weight excluding hydrogens is 474 g/mol. The molecule has 1 unspecified atom stereocenters. The molecule has 1 N–H and O–H groups in total. The Morgan fingerprint density at radius 1 is 0.969 bits per heavy atom. The third-order valence-corrected chi connectivity index (χ3v) is 5.78. The van der Waals surface area contributed by atoms with Crippen molar-refractivity contribution in [3.8, 4) is 0 Å². The lowest BCUT2D eigenvalue weighted by molar-refractivity contribution is -0.249. The van der Waals surface area contributed by atoms with Gasteiger partial charge in [0.15, 0.2) is 0 Å². The van der Waals surface area contributed by atoms with E-state index in [4.69, 9.17) is 11.6 Å². The summed E-state index contributed by atoms with van der Waals surface area (Å²) in [6.07, 6.45) is -6.29. The van der Waals surface area contributed by atoms with Gasteiger partial charge in [0.25, 0.3) is 0 Å². The van der Waals surface area contributed by atoms with Crippen molar-refractivity contribution in [1.29, 1.82) is 0 Å². The number of piperazine rings is 1. The van der Waals surface area contributed by atoms with Crippen molar-refractivity contribution in [2.24, 2.45) is 5.10 Å². The molecule has 0 bridgehead atoms. The van der Waals surface area contributed by atoms with Crippen LogP contribution < -0.4 is 15.2 Å². The lowest BCUT2D eigenvalue weighted by atomic mass is 9.98. The van der Waals surface area contributed by atoms with Crippen LogP contribution >= 0.6 is 24.0 Å². The highest BCUT2D eigenvalue weighted by atomic mass is 35.5. The second-order valence-corrected chi connectivity index (χ2v) is 7.87. The van der Waals surface area contributed by atoms with E-state index >= 15 is 0 Å². The molecule has 0 amide bonds. The number of benzene rings is 2. The molecule has 2 aromatic carbocycles.